The Bertz CT molecular complexity index is 171. The fraction of sp³-hybridized carbons (Fsp3) is 1.00. The van der Waals surface area contributed by atoms with E-state index < -0.39 is 0 Å². The second-order valence-corrected chi connectivity index (χ2v) is 5.84. The molecule has 2 aliphatic heterocycles. The van der Waals surface area contributed by atoms with E-state index in [4.69, 9.17) is 0 Å². The Balaban J connectivity index is 2.17. The average molecular weight is 185 g/mol. The minimum atomic E-state index is 0.389. The third-order valence-electron chi connectivity index (χ3n) is 3.82. The Morgan fingerprint density at radius 3 is 2.58 bits per heavy atom. The predicted octanol–water partition coefficient (Wildman–Crippen LogP) is 2.27. The molecule has 0 aromatic rings. The highest BCUT2D eigenvalue weighted by Crippen LogP contribution is 2.48. The standard InChI is InChI=1S/C10H19NS/c1-9(2)10(5-6-11-9)4-3-7-12-8-10/h11H,3-8H2,1-2H3. The van der Waals surface area contributed by atoms with E-state index in [0.717, 1.165) is 0 Å². The zero-order valence-electron chi connectivity index (χ0n) is 8.15. The highest BCUT2D eigenvalue weighted by molar-refractivity contribution is 7.99. The molecule has 1 N–H and O–H groups in total. The summed E-state index contributed by atoms with van der Waals surface area (Å²) < 4.78 is 0. The average Bonchev–Trinajstić information content (AvgIpc) is 2.30. The Hall–Kier alpha value is 0.310. The molecule has 0 aliphatic carbocycles. The number of rotatable bonds is 0. The van der Waals surface area contributed by atoms with Crippen molar-refractivity contribution in [2.75, 3.05) is 18.1 Å². The van der Waals surface area contributed by atoms with E-state index in [-0.39, 0.29) is 0 Å². The first-order valence-corrected chi connectivity index (χ1v) is 6.15. The molecule has 12 heavy (non-hydrogen) atoms. The SMILES string of the molecule is CC1(C)NCCC12CCCSC2. The van der Waals surface area contributed by atoms with Gasteiger partial charge in [0.05, 0.1) is 0 Å². The molecule has 1 atom stereocenters. The quantitative estimate of drug-likeness (QED) is 0.621. The van der Waals surface area contributed by atoms with Crippen LogP contribution in [0.3, 0.4) is 0 Å². The van der Waals surface area contributed by atoms with Gasteiger partial charge in [-0.2, -0.15) is 11.8 Å². The van der Waals surface area contributed by atoms with Gasteiger partial charge in [0.25, 0.3) is 0 Å². The molecule has 1 nitrogen and oxygen atoms in total. The van der Waals surface area contributed by atoms with E-state index in [1.165, 1.54) is 37.3 Å². The minimum absolute atomic E-state index is 0.389. The van der Waals surface area contributed by atoms with Gasteiger partial charge in [0, 0.05) is 11.3 Å². The van der Waals surface area contributed by atoms with Gasteiger partial charge in [0.15, 0.2) is 0 Å². The minimum Gasteiger partial charge on any atom is -0.311 e. The first-order valence-electron chi connectivity index (χ1n) is 4.99. The van der Waals surface area contributed by atoms with Gasteiger partial charge in [-0.25, -0.2) is 0 Å². The van der Waals surface area contributed by atoms with E-state index in [2.05, 4.69) is 30.9 Å². The predicted molar refractivity (Wildman–Crippen MR) is 55.7 cm³/mol. The van der Waals surface area contributed by atoms with Crippen molar-refractivity contribution in [1.82, 2.24) is 5.32 Å². The summed E-state index contributed by atoms with van der Waals surface area (Å²) in [6.45, 7) is 5.99. The first kappa shape index (κ1) is 8.89. The third kappa shape index (κ3) is 1.20. The van der Waals surface area contributed by atoms with Gasteiger partial charge in [-0.3, -0.25) is 0 Å². The molecule has 0 radical (unpaired) electrons. The molecule has 2 aliphatic rings. The van der Waals surface area contributed by atoms with Crippen LogP contribution in [-0.4, -0.2) is 23.6 Å². The topological polar surface area (TPSA) is 12.0 Å². The van der Waals surface area contributed by atoms with Crippen LogP contribution in [0.4, 0.5) is 0 Å². The van der Waals surface area contributed by atoms with Crippen molar-refractivity contribution >= 4 is 11.8 Å². The van der Waals surface area contributed by atoms with Gasteiger partial charge in [0.1, 0.15) is 0 Å². The summed E-state index contributed by atoms with van der Waals surface area (Å²) in [4.78, 5) is 0. The van der Waals surface area contributed by atoms with Crippen LogP contribution in [-0.2, 0) is 0 Å². The van der Waals surface area contributed by atoms with Crippen molar-refractivity contribution in [2.24, 2.45) is 5.41 Å². The Morgan fingerprint density at radius 1 is 1.25 bits per heavy atom. The lowest BCUT2D eigenvalue weighted by molar-refractivity contribution is 0.181. The summed E-state index contributed by atoms with van der Waals surface area (Å²) in [6, 6.07) is 0. The molecule has 0 amide bonds. The first-order chi connectivity index (χ1) is 5.66. The molecular formula is C10H19NS. The highest BCUT2D eigenvalue weighted by Gasteiger charge is 2.48. The molecular weight excluding hydrogens is 166 g/mol. The van der Waals surface area contributed by atoms with Crippen molar-refractivity contribution < 1.29 is 0 Å². The van der Waals surface area contributed by atoms with Crippen LogP contribution in [0.5, 0.6) is 0 Å². The Labute approximate surface area is 79.7 Å². The second kappa shape index (κ2) is 2.91. The van der Waals surface area contributed by atoms with E-state index >= 15 is 0 Å². The van der Waals surface area contributed by atoms with Gasteiger partial charge >= 0.3 is 0 Å². The molecule has 2 heterocycles. The van der Waals surface area contributed by atoms with Gasteiger partial charge < -0.3 is 5.32 Å². The number of hydrogen-bond acceptors (Lipinski definition) is 2. The normalized spacial score (nSPS) is 40.5. The summed E-state index contributed by atoms with van der Waals surface area (Å²) in [5.74, 6) is 2.77. The van der Waals surface area contributed by atoms with E-state index in [1.54, 1.807) is 0 Å². The van der Waals surface area contributed by atoms with E-state index in [1.807, 2.05) is 0 Å². The zero-order valence-corrected chi connectivity index (χ0v) is 8.97. The van der Waals surface area contributed by atoms with Crippen molar-refractivity contribution in [3.63, 3.8) is 0 Å². The van der Waals surface area contributed by atoms with Gasteiger partial charge in [-0.05, 0) is 50.8 Å². The number of hydrogen-bond donors (Lipinski definition) is 1. The van der Waals surface area contributed by atoms with Crippen LogP contribution in [0.2, 0.25) is 0 Å². The maximum Gasteiger partial charge on any atom is 0.0189 e. The van der Waals surface area contributed by atoms with Crippen LogP contribution < -0.4 is 5.32 Å². The Kier molecular flexibility index (Phi) is 2.16. The fourth-order valence-electron chi connectivity index (χ4n) is 2.66. The second-order valence-electron chi connectivity index (χ2n) is 4.74. The largest absolute Gasteiger partial charge is 0.311 e. The van der Waals surface area contributed by atoms with Gasteiger partial charge in [-0.1, -0.05) is 0 Å². The molecule has 1 unspecified atom stereocenters. The van der Waals surface area contributed by atoms with Crippen LogP contribution in [0.1, 0.15) is 33.1 Å². The summed E-state index contributed by atoms with van der Waals surface area (Å²) in [5.41, 5.74) is 1.01. The Morgan fingerprint density at radius 2 is 2.08 bits per heavy atom. The summed E-state index contributed by atoms with van der Waals surface area (Å²) in [7, 11) is 0. The van der Waals surface area contributed by atoms with Crippen molar-refractivity contribution in [2.45, 2.75) is 38.6 Å². The van der Waals surface area contributed by atoms with Crippen LogP contribution in [0.15, 0.2) is 0 Å². The molecule has 2 saturated heterocycles. The molecule has 0 aromatic carbocycles. The summed E-state index contributed by atoms with van der Waals surface area (Å²) >= 11 is 2.15. The molecule has 0 saturated carbocycles. The van der Waals surface area contributed by atoms with E-state index in [0.29, 0.717) is 11.0 Å². The molecule has 0 aromatic heterocycles. The van der Waals surface area contributed by atoms with Crippen LogP contribution >= 0.6 is 11.8 Å². The highest BCUT2D eigenvalue weighted by atomic mass is 32.2. The van der Waals surface area contributed by atoms with Gasteiger partial charge in [-0.15, -0.1) is 0 Å². The third-order valence-corrected chi connectivity index (χ3v) is 5.15. The maximum atomic E-state index is 3.64. The van der Waals surface area contributed by atoms with Crippen molar-refractivity contribution in [3.05, 3.63) is 0 Å². The number of nitrogens with one attached hydrogen (secondary N) is 1. The fourth-order valence-corrected chi connectivity index (χ4v) is 4.19. The molecule has 2 heteroatoms. The van der Waals surface area contributed by atoms with Crippen molar-refractivity contribution in [3.8, 4) is 0 Å². The molecule has 0 bridgehead atoms. The lowest BCUT2D eigenvalue weighted by Gasteiger charge is -2.43. The molecule has 70 valence electrons. The lowest BCUT2D eigenvalue weighted by Crippen LogP contribution is -2.49. The molecule has 1 spiro atoms. The smallest absolute Gasteiger partial charge is 0.0189 e. The van der Waals surface area contributed by atoms with Crippen molar-refractivity contribution in [1.29, 1.82) is 0 Å². The maximum absolute atomic E-state index is 3.64. The lowest BCUT2D eigenvalue weighted by atomic mass is 9.70. The monoisotopic (exact) mass is 185 g/mol. The van der Waals surface area contributed by atoms with Gasteiger partial charge in [0.2, 0.25) is 0 Å². The zero-order chi connectivity index (χ0) is 8.66. The summed E-state index contributed by atoms with van der Waals surface area (Å²) in [6.07, 6.45) is 4.27. The summed E-state index contributed by atoms with van der Waals surface area (Å²) in [5, 5.41) is 3.64. The van der Waals surface area contributed by atoms with E-state index in [9.17, 15) is 0 Å². The molecule has 2 rings (SSSR count). The number of thioether (sulfide) groups is 1. The van der Waals surface area contributed by atoms with Crippen LogP contribution in [0.25, 0.3) is 0 Å². The molecule has 2 fully saturated rings. The van der Waals surface area contributed by atoms with Crippen LogP contribution in [0, 0.1) is 5.41 Å².